The summed E-state index contributed by atoms with van der Waals surface area (Å²) >= 11 is 0. The minimum absolute atomic E-state index is 0.0423. The van der Waals surface area contributed by atoms with Gasteiger partial charge in [0.25, 0.3) is 0 Å². The normalized spacial score (nSPS) is 12.8. The van der Waals surface area contributed by atoms with Crippen molar-refractivity contribution in [3.05, 3.63) is 76.9 Å². The molecule has 0 aliphatic heterocycles. The van der Waals surface area contributed by atoms with E-state index in [-0.39, 0.29) is 23.5 Å². The van der Waals surface area contributed by atoms with Crippen LogP contribution >= 0.6 is 0 Å². The van der Waals surface area contributed by atoms with E-state index in [1.165, 1.54) is 30.3 Å². The van der Waals surface area contributed by atoms with Crippen LogP contribution in [0, 0.1) is 5.92 Å². The lowest BCUT2D eigenvalue weighted by Gasteiger charge is -2.14. The van der Waals surface area contributed by atoms with Gasteiger partial charge in [0.15, 0.2) is 0 Å². The number of carboxylic acid groups (broad SMARTS) is 2. The number of carbonyl (C=O) groups is 2. The van der Waals surface area contributed by atoms with Crippen LogP contribution in [0.3, 0.4) is 0 Å². The summed E-state index contributed by atoms with van der Waals surface area (Å²) < 4.78 is 39.6. The first-order valence-corrected chi connectivity index (χ1v) is 9.55. The summed E-state index contributed by atoms with van der Waals surface area (Å²) in [6.45, 7) is 0. The largest absolute Gasteiger partial charge is 0.481 e. The highest BCUT2D eigenvalue weighted by Gasteiger charge is 2.32. The van der Waals surface area contributed by atoms with Gasteiger partial charge in [-0.15, -0.1) is 0 Å². The molecule has 2 aromatic carbocycles. The van der Waals surface area contributed by atoms with Gasteiger partial charge >= 0.3 is 18.1 Å². The molecule has 0 spiro atoms. The number of alkyl halides is 3. The van der Waals surface area contributed by atoms with Gasteiger partial charge in [-0.3, -0.25) is 4.79 Å². The first-order valence-electron chi connectivity index (χ1n) is 9.55. The number of halogens is 3. The van der Waals surface area contributed by atoms with E-state index in [9.17, 15) is 22.8 Å². The third-order valence-corrected chi connectivity index (χ3v) is 4.73. The second-order valence-corrected chi connectivity index (χ2v) is 7.05. The molecule has 0 aliphatic rings. The van der Waals surface area contributed by atoms with Gasteiger partial charge < -0.3 is 10.2 Å². The van der Waals surface area contributed by atoms with E-state index >= 15 is 0 Å². The maximum atomic E-state index is 13.2. The van der Waals surface area contributed by atoms with Crippen LogP contribution in [0.25, 0.3) is 6.08 Å². The van der Waals surface area contributed by atoms with Crippen molar-refractivity contribution < 1.29 is 33.0 Å². The molecule has 2 N–H and O–H groups in total. The molecule has 0 saturated heterocycles. The third-order valence-electron chi connectivity index (χ3n) is 4.73. The molecule has 30 heavy (non-hydrogen) atoms. The molecule has 0 aromatic heterocycles. The maximum absolute atomic E-state index is 13.2. The molecule has 2 aromatic rings. The molecule has 0 amide bonds. The Balaban J connectivity index is 2.17. The van der Waals surface area contributed by atoms with E-state index in [2.05, 4.69) is 0 Å². The van der Waals surface area contributed by atoms with Crippen LogP contribution in [0.1, 0.15) is 52.7 Å². The Morgan fingerprint density at radius 3 is 2.23 bits per heavy atom. The lowest BCUT2D eigenvalue weighted by molar-refractivity contribution is -0.138. The first-order chi connectivity index (χ1) is 14.2. The number of allylic oxidation sites excluding steroid dienone is 1. The van der Waals surface area contributed by atoms with Gasteiger partial charge in [-0.2, -0.15) is 13.2 Å². The summed E-state index contributed by atoms with van der Waals surface area (Å²) in [5, 5.41) is 17.8. The number of rotatable bonds is 10. The average Bonchev–Trinajstić information content (AvgIpc) is 2.69. The highest BCUT2D eigenvalue weighted by Crippen LogP contribution is 2.33. The van der Waals surface area contributed by atoms with Crippen molar-refractivity contribution in [1.82, 2.24) is 0 Å². The second-order valence-electron chi connectivity index (χ2n) is 7.05. The number of aromatic carboxylic acids is 1. The summed E-state index contributed by atoms with van der Waals surface area (Å²) in [5.74, 6) is -2.03. The quantitative estimate of drug-likeness (QED) is 0.468. The molecular weight excluding hydrogens is 397 g/mol. The fourth-order valence-corrected chi connectivity index (χ4v) is 3.18. The van der Waals surface area contributed by atoms with E-state index in [1.807, 2.05) is 0 Å². The molecule has 1 unspecified atom stereocenters. The maximum Gasteiger partial charge on any atom is 0.416 e. The van der Waals surface area contributed by atoms with E-state index in [4.69, 9.17) is 10.2 Å². The van der Waals surface area contributed by atoms with Crippen LogP contribution in [-0.4, -0.2) is 22.2 Å². The topological polar surface area (TPSA) is 74.6 Å². The molecular formula is C23H23F3O4. The molecule has 0 radical (unpaired) electrons. The zero-order valence-electron chi connectivity index (χ0n) is 16.2. The van der Waals surface area contributed by atoms with Crippen LogP contribution in [0.4, 0.5) is 13.2 Å². The van der Waals surface area contributed by atoms with E-state index in [0.29, 0.717) is 25.7 Å². The second kappa shape index (κ2) is 10.6. The van der Waals surface area contributed by atoms with Gasteiger partial charge in [-0.05, 0) is 54.5 Å². The SMILES string of the molecule is O=C(O)CCCCC(C=Cc1ccccc1C(F)(F)F)Cc1ccc(C(=O)O)cc1. The highest BCUT2D eigenvalue weighted by atomic mass is 19.4. The van der Waals surface area contributed by atoms with Crippen LogP contribution in [-0.2, 0) is 17.4 Å². The van der Waals surface area contributed by atoms with Crippen molar-refractivity contribution in [2.45, 2.75) is 38.3 Å². The molecule has 2 rings (SSSR count). The molecule has 160 valence electrons. The highest BCUT2D eigenvalue weighted by molar-refractivity contribution is 5.87. The number of benzene rings is 2. The molecule has 0 bridgehead atoms. The van der Waals surface area contributed by atoms with Crippen LogP contribution < -0.4 is 0 Å². The van der Waals surface area contributed by atoms with Crippen molar-refractivity contribution in [3.8, 4) is 0 Å². The molecule has 0 saturated carbocycles. The van der Waals surface area contributed by atoms with Crippen molar-refractivity contribution in [3.63, 3.8) is 0 Å². The third kappa shape index (κ3) is 7.39. The van der Waals surface area contributed by atoms with Crippen molar-refractivity contribution >= 4 is 18.0 Å². The summed E-state index contributed by atoms with van der Waals surface area (Å²) in [6, 6.07) is 11.7. The van der Waals surface area contributed by atoms with Crippen LogP contribution in [0.2, 0.25) is 0 Å². The van der Waals surface area contributed by atoms with Gasteiger partial charge in [-0.25, -0.2) is 4.79 Å². The Hall–Kier alpha value is -3.09. The lowest BCUT2D eigenvalue weighted by Crippen LogP contribution is -2.07. The predicted molar refractivity (Wildman–Crippen MR) is 107 cm³/mol. The smallest absolute Gasteiger partial charge is 0.416 e. The van der Waals surface area contributed by atoms with Gasteiger partial charge in [0.05, 0.1) is 11.1 Å². The van der Waals surface area contributed by atoms with Gasteiger partial charge in [0.2, 0.25) is 0 Å². The fraction of sp³-hybridized carbons (Fsp3) is 0.304. The van der Waals surface area contributed by atoms with Gasteiger partial charge in [0.1, 0.15) is 0 Å². The minimum atomic E-state index is -4.45. The number of unbranched alkanes of at least 4 members (excludes halogenated alkanes) is 1. The van der Waals surface area contributed by atoms with Crippen LogP contribution in [0.5, 0.6) is 0 Å². The number of aliphatic carboxylic acids is 1. The van der Waals surface area contributed by atoms with Gasteiger partial charge in [0, 0.05) is 6.42 Å². The lowest BCUT2D eigenvalue weighted by atomic mass is 9.92. The van der Waals surface area contributed by atoms with Gasteiger partial charge in [-0.1, -0.05) is 48.9 Å². The minimum Gasteiger partial charge on any atom is -0.481 e. The zero-order valence-corrected chi connectivity index (χ0v) is 16.2. The standard InChI is InChI=1S/C23H23F3O4/c24-23(25,26)20-7-3-2-6-18(20)12-9-16(5-1-4-8-21(27)28)15-17-10-13-19(14-11-17)22(29)30/h2-3,6-7,9-14,16H,1,4-5,8,15H2,(H,27,28)(H,29,30). The van der Waals surface area contributed by atoms with E-state index < -0.39 is 23.7 Å². The molecule has 0 aliphatic carbocycles. The average molecular weight is 420 g/mol. The first kappa shape index (κ1) is 23.2. The molecule has 4 nitrogen and oxygen atoms in total. The van der Waals surface area contributed by atoms with E-state index in [0.717, 1.165) is 11.6 Å². The Morgan fingerprint density at radius 2 is 1.63 bits per heavy atom. The monoisotopic (exact) mass is 420 g/mol. The van der Waals surface area contributed by atoms with Crippen LogP contribution in [0.15, 0.2) is 54.6 Å². The summed E-state index contributed by atoms with van der Waals surface area (Å²) in [6.07, 6.45) is 0.987. The Labute approximate surface area is 172 Å². The molecule has 0 fully saturated rings. The zero-order chi connectivity index (χ0) is 22.1. The Bertz CT molecular complexity index is 886. The molecule has 0 heterocycles. The van der Waals surface area contributed by atoms with E-state index in [1.54, 1.807) is 24.3 Å². The molecule has 1 atom stereocenters. The Morgan fingerprint density at radius 1 is 0.967 bits per heavy atom. The van der Waals surface area contributed by atoms with Crippen molar-refractivity contribution in [1.29, 1.82) is 0 Å². The summed E-state index contributed by atoms with van der Waals surface area (Å²) in [7, 11) is 0. The van der Waals surface area contributed by atoms with Crippen molar-refractivity contribution in [2.75, 3.05) is 0 Å². The van der Waals surface area contributed by atoms with Crippen molar-refractivity contribution in [2.24, 2.45) is 5.92 Å². The predicted octanol–water partition coefficient (Wildman–Crippen LogP) is 5.92. The number of hydrogen-bond donors (Lipinski definition) is 2. The summed E-state index contributed by atoms with van der Waals surface area (Å²) in [4.78, 5) is 21.7. The number of hydrogen-bond acceptors (Lipinski definition) is 2. The fourth-order valence-electron chi connectivity index (χ4n) is 3.18. The Kier molecular flexibility index (Phi) is 8.21. The summed E-state index contributed by atoms with van der Waals surface area (Å²) in [5.41, 5.74) is 0.377. The molecule has 7 heteroatoms. The number of carboxylic acids is 2.